The fourth-order valence-corrected chi connectivity index (χ4v) is 3.31. The van der Waals surface area contributed by atoms with Crippen molar-refractivity contribution >= 4 is 11.6 Å². The number of carbonyl (C=O) groups is 1. The number of benzene rings is 2. The molecule has 25 heavy (non-hydrogen) atoms. The Morgan fingerprint density at radius 2 is 1.76 bits per heavy atom. The number of anilines is 1. The molecule has 2 N–H and O–H groups in total. The molecule has 2 aromatic rings. The van der Waals surface area contributed by atoms with Crippen LogP contribution in [0.2, 0.25) is 0 Å². The number of rotatable bonds is 6. The summed E-state index contributed by atoms with van der Waals surface area (Å²) < 4.78 is 5.89. The zero-order valence-electron chi connectivity index (χ0n) is 14.7. The zero-order valence-corrected chi connectivity index (χ0v) is 14.7. The van der Waals surface area contributed by atoms with Crippen LogP contribution < -0.4 is 15.4 Å². The Balaban J connectivity index is 1.57. The van der Waals surface area contributed by atoms with Gasteiger partial charge in [-0.2, -0.15) is 0 Å². The minimum Gasteiger partial charge on any atom is -0.455 e. The number of ether oxygens (including phenoxy) is 1. The Labute approximate surface area is 149 Å². The molecule has 1 aliphatic rings. The van der Waals surface area contributed by atoms with E-state index in [-0.39, 0.29) is 5.91 Å². The highest BCUT2D eigenvalue weighted by Gasteiger charge is 2.21. The third kappa shape index (κ3) is 5.07. The highest BCUT2D eigenvalue weighted by molar-refractivity contribution is 5.93. The van der Waals surface area contributed by atoms with Gasteiger partial charge in [-0.3, -0.25) is 4.79 Å². The lowest BCUT2D eigenvalue weighted by Crippen LogP contribution is -2.41. The quantitative estimate of drug-likeness (QED) is 0.810. The molecule has 132 valence electrons. The summed E-state index contributed by atoms with van der Waals surface area (Å²) in [7, 11) is 0. The summed E-state index contributed by atoms with van der Waals surface area (Å²) in [6, 6.07) is 17.5. The summed E-state index contributed by atoms with van der Waals surface area (Å²) in [6.07, 6.45) is 4.95. The second kappa shape index (κ2) is 8.67. The van der Waals surface area contributed by atoms with Gasteiger partial charge in [-0.25, -0.2) is 0 Å². The van der Waals surface area contributed by atoms with E-state index in [9.17, 15) is 4.79 Å². The maximum Gasteiger partial charge on any atom is 0.238 e. The molecule has 2 atom stereocenters. The van der Waals surface area contributed by atoms with Gasteiger partial charge in [-0.1, -0.05) is 50.1 Å². The Morgan fingerprint density at radius 3 is 2.56 bits per heavy atom. The standard InChI is InChI=1S/C21H26N2O2/c1-16-9-5-6-12-18(16)22-15-21(24)23-19-13-7-8-14-20(19)25-17-10-3-2-4-11-17/h2-4,7-8,10-11,13-14,16,18,22H,5-6,9,12,15H2,1H3,(H,23,24)/t16-,18+/m1/s1. The molecule has 3 rings (SSSR count). The average Bonchev–Trinajstić information content (AvgIpc) is 2.64. The van der Waals surface area contributed by atoms with E-state index < -0.39 is 0 Å². The van der Waals surface area contributed by atoms with Crippen LogP contribution in [0.1, 0.15) is 32.6 Å². The van der Waals surface area contributed by atoms with Crippen LogP contribution in [-0.4, -0.2) is 18.5 Å². The summed E-state index contributed by atoms with van der Waals surface area (Å²) in [5.74, 6) is 1.99. The molecular formula is C21H26N2O2. The van der Waals surface area contributed by atoms with Gasteiger partial charge >= 0.3 is 0 Å². The molecule has 1 aliphatic carbocycles. The van der Waals surface area contributed by atoms with E-state index in [0.717, 1.165) is 12.2 Å². The second-order valence-electron chi connectivity index (χ2n) is 6.71. The SMILES string of the molecule is C[C@@H]1CCCC[C@@H]1NCC(=O)Nc1ccccc1Oc1ccccc1. The van der Waals surface area contributed by atoms with Gasteiger partial charge in [0.2, 0.25) is 5.91 Å². The van der Waals surface area contributed by atoms with E-state index in [2.05, 4.69) is 17.6 Å². The van der Waals surface area contributed by atoms with Crippen LogP contribution in [0.15, 0.2) is 54.6 Å². The monoisotopic (exact) mass is 338 g/mol. The molecule has 4 nitrogen and oxygen atoms in total. The minimum atomic E-state index is -0.0399. The lowest BCUT2D eigenvalue weighted by molar-refractivity contribution is -0.115. The zero-order chi connectivity index (χ0) is 17.5. The van der Waals surface area contributed by atoms with Gasteiger partial charge in [0.05, 0.1) is 12.2 Å². The molecule has 0 aliphatic heterocycles. The van der Waals surface area contributed by atoms with Crippen LogP contribution in [0.5, 0.6) is 11.5 Å². The Morgan fingerprint density at radius 1 is 1.04 bits per heavy atom. The number of hydrogen-bond donors (Lipinski definition) is 2. The van der Waals surface area contributed by atoms with Crippen LogP contribution in [0, 0.1) is 5.92 Å². The van der Waals surface area contributed by atoms with Crippen molar-refractivity contribution in [2.75, 3.05) is 11.9 Å². The number of carbonyl (C=O) groups excluding carboxylic acids is 1. The van der Waals surface area contributed by atoms with E-state index in [1.165, 1.54) is 19.3 Å². The smallest absolute Gasteiger partial charge is 0.238 e. The Bertz CT molecular complexity index is 687. The molecule has 0 bridgehead atoms. The van der Waals surface area contributed by atoms with Crippen molar-refractivity contribution in [2.45, 2.75) is 38.6 Å². The molecule has 0 unspecified atom stereocenters. The topological polar surface area (TPSA) is 50.4 Å². The van der Waals surface area contributed by atoms with Crippen LogP contribution >= 0.6 is 0 Å². The van der Waals surface area contributed by atoms with Gasteiger partial charge in [-0.05, 0) is 43.0 Å². The fourth-order valence-electron chi connectivity index (χ4n) is 3.31. The summed E-state index contributed by atoms with van der Waals surface area (Å²) in [6.45, 7) is 2.59. The maximum absolute atomic E-state index is 12.3. The van der Waals surface area contributed by atoms with Gasteiger partial charge in [0.25, 0.3) is 0 Å². The maximum atomic E-state index is 12.3. The molecule has 1 saturated carbocycles. The van der Waals surface area contributed by atoms with E-state index in [1.807, 2.05) is 54.6 Å². The highest BCUT2D eigenvalue weighted by Crippen LogP contribution is 2.29. The normalized spacial score (nSPS) is 20.0. The van der Waals surface area contributed by atoms with Crippen molar-refractivity contribution in [3.8, 4) is 11.5 Å². The molecular weight excluding hydrogens is 312 g/mol. The first-order valence-electron chi connectivity index (χ1n) is 9.07. The largest absolute Gasteiger partial charge is 0.455 e. The first kappa shape index (κ1) is 17.5. The first-order chi connectivity index (χ1) is 12.2. The molecule has 0 saturated heterocycles. The van der Waals surface area contributed by atoms with Gasteiger partial charge in [0.1, 0.15) is 5.75 Å². The summed E-state index contributed by atoms with van der Waals surface area (Å²) in [5.41, 5.74) is 0.690. The van der Waals surface area contributed by atoms with Gasteiger partial charge in [0.15, 0.2) is 5.75 Å². The Hall–Kier alpha value is -2.33. The van der Waals surface area contributed by atoms with Gasteiger partial charge in [-0.15, -0.1) is 0 Å². The number of para-hydroxylation sites is 3. The second-order valence-corrected chi connectivity index (χ2v) is 6.71. The van der Waals surface area contributed by atoms with Crippen LogP contribution in [0.4, 0.5) is 5.69 Å². The summed E-state index contributed by atoms with van der Waals surface area (Å²) in [4.78, 5) is 12.3. The predicted molar refractivity (Wildman–Crippen MR) is 101 cm³/mol. The fraction of sp³-hybridized carbons (Fsp3) is 0.381. The van der Waals surface area contributed by atoms with Crippen LogP contribution in [0.25, 0.3) is 0 Å². The van der Waals surface area contributed by atoms with Crippen molar-refractivity contribution in [3.63, 3.8) is 0 Å². The van der Waals surface area contributed by atoms with Crippen LogP contribution in [0.3, 0.4) is 0 Å². The lowest BCUT2D eigenvalue weighted by atomic mass is 9.86. The number of hydrogen-bond acceptors (Lipinski definition) is 3. The molecule has 0 radical (unpaired) electrons. The molecule has 1 amide bonds. The van der Waals surface area contributed by atoms with E-state index in [0.29, 0.717) is 29.9 Å². The average molecular weight is 338 g/mol. The summed E-state index contributed by atoms with van der Waals surface area (Å²) >= 11 is 0. The third-order valence-electron chi connectivity index (χ3n) is 4.77. The van der Waals surface area contributed by atoms with Crippen molar-refractivity contribution in [1.29, 1.82) is 0 Å². The van der Waals surface area contributed by atoms with Crippen LogP contribution in [-0.2, 0) is 4.79 Å². The Kier molecular flexibility index (Phi) is 6.07. The minimum absolute atomic E-state index is 0.0399. The molecule has 0 aromatic heterocycles. The third-order valence-corrected chi connectivity index (χ3v) is 4.77. The van der Waals surface area contributed by atoms with Crippen molar-refractivity contribution in [1.82, 2.24) is 5.32 Å². The van der Waals surface area contributed by atoms with E-state index >= 15 is 0 Å². The number of amides is 1. The lowest BCUT2D eigenvalue weighted by Gasteiger charge is -2.29. The molecule has 0 heterocycles. The van der Waals surface area contributed by atoms with Gasteiger partial charge in [0, 0.05) is 6.04 Å². The molecule has 2 aromatic carbocycles. The molecule has 1 fully saturated rings. The number of nitrogens with one attached hydrogen (secondary N) is 2. The van der Waals surface area contributed by atoms with E-state index in [1.54, 1.807) is 0 Å². The molecule has 0 spiro atoms. The molecule has 4 heteroatoms. The highest BCUT2D eigenvalue weighted by atomic mass is 16.5. The predicted octanol–water partition coefficient (Wildman–Crippen LogP) is 4.59. The van der Waals surface area contributed by atoms with Gasteiger partial charge < -0.3 is 15.4 Å². The van der Waals surface area contributed by atoms with Crippen molar-refractivity contribution in [2.24, 2.45) is 5.92 Å². The first-order valence-corrected chi connectivity index (χ1v) is 9.07. The summed E-state index contributed by atoms with van der Waals surface area (Å²) in [5, 5.41) is 6.37. The van der Waals surface area contributed by atoms with Crippen molar-refractivity contribution < 1.29 is 9.53 Å². The van der Waals surface area contributed by atoms with Crippen molar-refractivity contribution in [3.05, 3.63) is 54.6 Å². The van der Waals surface area contributed by atoms with E-state index in [4.69, 9.17) is 4.74 Å².